The van der Waals surface area contributed by atoms with Crippen molar-refractivity contribution in [1.29, 1.82) is 0 Å². The molecule has 0 amide bonds. The van der Waals surface area contributed by atoms with Crippen molar-refractivity contribution in [3.63, 3.8) is 0 Å². The summed E-state index contributed by atoms with van der Waals surface area (Å²) in [5.74, 6) is 0.509. The first kappa shape index (κ1) is 11.8. The van der Waals surface area contributed by atoms with Gasteiger partial charge in [0.15, 0.2) is 0 Å². The van der Waals surface area contributed by atoms with Crippen molar-refractivity contribution in [1.82, 2.24) is 9.55 Å². The fourth-order valence-electron chi connectivity index (χ4n) is 1.94. The highest BCUT2D eigenvalue weighted by molar-refractivity contribution is 5.56. The second-order valence-electron chi connectivity index (χ2n) is 4.05. The van der Waals surface area contributed by atoms with Crippen LogP contribution in [0.3, 0.4) is 0 Å². The molecule has 17 heavy (non-hydrogen) atoms. The van der Waals surface area contributed by atoms with Gasteiger partial charge >= 0.3 is 0 Å². The molecule has 0 aliphatic carbocycles. The van der Waals surface area contributed by atoms with E-state index in [2.05, 4.69) is 4.98 Å². The van der Waals surface area contributed by atoms with Crippen LogP contribution in [0.2, 0.25) is 0 Å². The lowest BCUT2D eigenvalue weighted by atomic mass is 10.2. The standard InChI is InChI=1S/C13H16FN3/c1-3-17-12(9(2)15)8-16-13(17)10-5-4-6-11(14)7-10/h4-9H,3,15H2,1-2H3. The van der Waals surface area contributed by atoms with Gasteiger partial charge in [0.25, 0.3) is 0 Å². The Hall–Kier alpha value is -1.68. The molecule has 1 unspecified atom stereocenters. The molecule has 0 spiro atoms. The molecule has 4 heteroatoms. The SMILES string of the molecule is CCn1c(C(C)N)cnc1-c1cccc(F)c1. The maximum Gasteiger partial charge on any atom is 0.140 e. The highest BCUT2D eigenvalue weighted by atomic mass is 19.1. The molecule has 3 nitrogen and oxygen atoms in total. The van der Waals surface area contributed by atoms with Crippen LogP contribution in [0.15, 0.2) is 30.5 Å². The second kappa shape index (κ2) is 4.67. The summed E-state index contributed by atoms with van der Waals surface area (Å²) >= 11 is 0. The average Bonchev–Trinajstić information content (AvgIpc) is 2.72. The van der Waals surface area contributed by atoms with E-state index < -0.39 is 0 Å². The van der Waals surface area contributed by atoms with Crippen LogP contribution < -0.4 is 5.73 Å². The first-order chi connectivity index (χ1) is 8.13. The van der Waals surface area contributed by atoms with Gasteiger partial charge in [-0.3, -0.25) is 0 Å². The van der Waals surface area contributed by atoms with E-state index >= 15 is 0 Å². The molecule has 1 aromatic heterocycles. The first-order valence-corrected chi connectivity index (χ1v) is 5.70. The molecular weight excluding hydrogens is 217 g/mol. The van der Waals surface area contributed by atoms with Crippen molar-refractivity contribution in [2.45, 2.75) is 26.4 Å². The summed E-state index contributed by atoms with van der Waals surface area (Å²) in [5.41, 5.74) is 7.62. The predicted octanol–water partition coefficient (Wildman–Crippen LogP) is 2.73. The Labute approximate surface area is 100 Å². The number of aromatic nitrogens is 2. The molecule has 0 radical (unpaired) electrons. The number of nitrogens with zero attached hydrogens (tertiary/aromatic N) is 2. The highest BCUT2D eigenvalue weighted by Crippen LogP contribution is 2.22. The summed E-state index contributed by atoms with van der Waals surface area (Å²) in [4.78, 5) is 4.34. The summed E-state index contributed by atoms with van der Waals surface area (Å²) in [7, 11) is 0. The van der Waals surface area contributed by atoms with Crippen molar-refractivity contribution in [2.75, 3.05) is 0 Å². The van der Waals surface area contributed by atoms with E-state index in [1.807, 2.05) is 24.5 Å². The Morgan fingerprint density at radius 3 is 2.82 bits per heavy atom. The van der Waals surface area contributed by atoms with Crippen LogP contribution >= 0.6 is 0 Å². The molecule has 90 valence electrons. The van der Waals surface area contributed by atoms with Crippen LogP contribution in [-0.4, -0.2) is 9.55 Å². The van der Waals surface area contributed by atoms with Gasteiger partial charge in [-0.1, -0.05) is 12.1 Å². The number of imidazole rings is 1. The minimum atomic E-state index is -0.254. The lowest BCUT2D eigenvalue weighted by molar-refractivity contribution is 0.627. The zero-order valence-electron chi connectivity index (χ0n) is 10.0. The van der Waals surface area contributed by atoms with Crippen LogP contribution in [0.25, 0.3) is 11.4 Å². The maximum atomic E-state index is 13.2. The van der Waals surface area contributed by atoms with E-state index in [9.17, 15) is 4.39 Å². The Morgan fingerprint density at radius 1 is 1.47 bits per heavy atom. The van der Waals surface area contributed by atoms with Crippen molar-refractivity contribution >= 4 is 0 Å². The zero-order valence-corrected chi connectivity index (χ0v) is 10.0. The van der Waals surface area contributed by atoms with Crippen molar-refractivity contribution < 1.29 is 4.39 Å². The Bertz CT molecular complexity index is 517. The van der Waals surface area contributed by atoms with Gasteiger partial charge in [0.1, 0.15) is 11.6 Å². The van der Waals surface area contributed by atoms with Crippen LogP contribution in [-0.2, 0) is 6.54 Å². The van der Waals surface area contributed by atoms with Crippen molar-refractivity contribution in [3.05, 3.63) is 42.0 Å². The third-order valence-electron chi connectivity index (χ3n) is 2.75. The van der Waals surface area contributed by atoms with Gasteiger partial charge in [0.2, 0.25) is 0 Å². The van der Waals surface area contributed by atoms with Gasteiger partial charge in [-0.25, -0.2) is 9.37 Å². The molecule has 1 atom stereocenters. The fourth-order valence-corrected chi connectivity index (χ4v) is 1.94. The Kier molecular flexibility index (Phi) is 3.24. The predicted molar refractivity (Wildman–Crippen MR) is 65.9 cm³/mol. The summed E-state index contributed by atoms with van der Waals surface area (Å²) in [6, 6.07) is 6.37. The average molecular weight is 233 g/mol. The van der Waals surface area contributed by atoms with E-state index in [0.29, 0.717) is 0 Å². The molecule has 0 fully saturated rings. The minimum absolute atomic E-state index is 0.0789. The van der Waals surface area contributed by atoms with Gasteiger partial charge < -0.3 is 10.3 Å². The number of benzene rings is 1. The van der Waals surface area contributed by atoms with Crippen LogP contribution in [0.5, 0.6) is 0 Å². The van der Waals surface area contributed by atoms with Crippen molar-refractivity contribution in [3.8, 4) is 11.4 Å². The molecule has 1 heterocycles. The molecule has 2 N–H and O–H groups in total. The van der Waals surface area contributed by atoms with Gasteiger partial charge in [-0.2, -0.15) is 0 Å². The molecule has 0 bridgehead atoms. The highest BCUT2D eigenvalue weighted by Gasteiger charge is 2.13. The third-order valence-corrected chi connectivity index (χ3v) is 2.75. The van der Waals surface area contributed by atoms with E-state index in [4.69, 9.17) is 5.73 Å². The number of halogens is 1. The van der Waals surface area contributed by atoms with Crippen molar-refractivity contribution in [2.24, 2.45) is 5.73 Å². The topological polar surface area (TPSA) is 43.8 Å². The third kappa shape index (κ3) is 2.22. The summed E-state index contributed by atoms with van der Waals surface area (Å²) in [5, 5.41) is 0. The molecule has 2 aromatic rings. The van der Waals surface area contributed by atoms with Gasteiger partial charge in [-0.05, 0) is 26.0 Å². The normalized spacial score (nSPS) is 12.7. The summed E-state index contributed by atoms with van der Waals surface area (Å²) in [6.45, 7) is 4.71. The van der Waals surface area contributed by atoms with E-state index in [1.54, 1.807) is 12.3 Å². The number of hydrogen-bond donors (Lipinski definition) is 1. The first-order valence-electron chi connectivity index (χ1n) is 5.70. The van der Waals surface area contributed by atoms with E-state index in [1.165, 1.54) is 12.1 Å². The molecule has 0 saturated carbocycles. The van der Waals surface area contributed by atoms with Crippen LogP contribution in [0.1, 0.15) is 25.6 Å². The summed E-state index contributed by atoms with van der Waals surface area (Å²) < 4.78 is 15.2. The second-order valence-corrected chi connectivity index (χ2v) is 4.05. The van der Waals surface area contributed by atoms with Gasteiger partial charge in [-0.15, -0.1) is 0 Å². The number of nitrogens with two attached hydrogens (primary N) is 1. The zero-order chi connectivity index (χ0) is 12.4. The minimum Gasteiger partial charge on any atom is -0.327 e. The Balaban J connectivity index is 2.52. The van der Waals surface area contributed by atoms with Gasteiger partial charge in [0, 0.05) is 18.2 Å². The quantitative estimate of drug-likeness (QED) is 0.885. The maximum absolute atomic E-state index is 13.2. The van der Waals surface area contributed by atoms with Gasteiger partial charge in [0.05, 0.1) is 11.9 Å². The molecule has 2 rings (SSSR count). The van der Waals surface area contributed by atoms with E-state index in [0.717, 1.165) is 23.6 Å². The lowest BCUT2D eigenvalue weighted by Gasteiger charge is -2.11. The van der Waals surface area contributed by atoms with Crippen LogP contribution in [0, 0.1) is 5.82 Å². The molecule has 0 aliphatic rings. The Morgan fingerprint density at radius 2 is 2.24 bits per heavy atom. The lowest BCUT2D eigenvalue weighted by Crippen LogP contribution is -2.12. The molecule has 0 aliphatic heterocycles. The van der Waals surface area contributed by atoms with E-state index in [-0.39, 0.29) is 11.9 Å². The fraction of sp³-hybridized carbons (Fsp3) is 0.308. The monoisotopic (exact) mass is 233 g/mol. The smallest absolute Gasteiger partial charge is 0.140 e. The summed E-state index contributed by atoms with van der Waals surface area (Å²) in [6.07, 6.45) is 1.76. The molecule has 0 saturated heterocycles. The molecule has 1 aromatic carbocycles. The number of hydrogen-bond acceptors (Lipinski definition) is 2. The number of rotatable bonds is 3. The molecular formula is C13H16FN3. The van der Waals surface area contributed by atoms with Crippen LogP contribution in [0.4, 0.5) is 4.39 Å². The largest absolute Gasteiger partial charge is 0.327 e.